The molecule has 9 nitrogen and oxygen atoms in total. The van der Waals surface area contributed by atoms with E-state index in [1.807, 2.05) is 59.3 Å². The Morgan fingerprint density at radius 2 is 1.71 bits per heavy atom. The lowest BCUT2D eigenvalue weighted by molar-refractivity contribution is 0.174. The van der Waals surface area contributed by atoms with Crippen molar-refractivity contribution in [2.24, 2.45) is 14.1 Å². The highest BCUT2D eigenvalue weighted by Crippen LogP contribution is 2.36. The molecule has 0 atom stereocenters. The first-order valence-electron chi connectivity index (χ1n) is 9.69. The molecule has 0 saturated heterocycles. The number of benzene rings is 2. The minimum atomic E-state index is -0.420. The van der Waals surface area contributed by atoms with E-state index in [4.69, 9.17) is 14.5 Å². The summed E-state index contributed by atoms with van der Waals surface area (Å²) < 4.78 is 17.2. The van der Waals surface area contributed by atoms with E-state index in [9.17, 15) is 9.59 Å². The molecule has 4 heterocycles. The molecule has 0 radical (unpaired) electrons. The Kier molecular flexibility index (Phi) is 3.47. The maximum atomic E-state index is 13.0. The fourth-order valence-electron chi connectivity index (χ4n) is 4.06. The monoisotopic (exact) mass is 415 g/mol. The lowest BCUT2D eigenvalue weighted by atomic mass is 10.1. The molecule has 2 aromatic carbocycles. The molecule has 0 saturated carbocycles. The number of hydrogen-bond acceptors (Lipinski definition) is 5. The summed E-state index contributed by atoms with van der Waals surface area (Å²) in [6.07, 6.45) is 1.87. The van der Waals surface area contributed by atoms with Gasteiger partial charge in [0.25, 0.3) is 5.56 Å². The van der Waals surface area contributed by atoms with Crippen molar-refractivity contribution in [3.05, 3.63) is 75.6 Å². The predicted molar refractivity (Wildman–Crippen MR) is 114 cm³/mol. The van der Waals surface area contributed by atoms with Crippen LogP contribution in [0.15, 0.2) is 64.3 Å². The highest BCUT2D eigenvalue weighted by atomic mass is 16.7. The molecule has 0 N–H and O–H groups in total. The highest BCUT2D eigenvalue weighted by molar-refractivity contribution is 5.79. The standard InChI is InChI=1S/C22H17N5O4/c1-24-19-18(20(28)25(2)22(24)29)26-11-15(13-6-4-3-5-7-13)27(21(26)23-19)14-8-9-16-17(10-14)31-12-30-16/h3-11H,12H2,1-2H3. The van der Waals surface area contributed by atoms with Gasteiger partial charge in [0, 0.05) is 31.9 Å². The summed E-state index contributed by atoms with van der Waals surface area (Å²) in [6.45, 7) is 0.177. The summed E-state index contributed by atoms with van der Waals surface area (Å²) in [5.74, 6) is 1.84. The quantitative estimate of drug-likeness (QED) is 0.441. The van der Waals surface area contributed by atoms with Gasteiger partial charge in [0.2, 0.25) is 12.6 Å². The SMILES string of the molecule is Cn1c(=O)c2c(nc3n(-c4ccc5c(c4)OCO5)c(-c4ccccc4)cn23)n(C)c1=O. The number of rotatable bonds is 2. The van der Waals surface area contributed by atoms with Crippen LogP contribution in [0.2, 0.25) is 0 Å². The molecule has 154 valence electrons. The van der Waals surface area contributed by atoms with Crippen LogP contribution < -0.4 is 20.7 Å². The molecule has 0 amide bonds. The van der Waals surface area contributed by atoms with Gasteiger partial charge >= 0.3 is 5.69 Å². The van der Waals surface area contributed by atoms with Gasteiger partial charge in [-0.15, -0.1) is 0 Å². The summed E-state index contributed by atoms with van der Waals surface area (Å²) in [7, 11) is 3.08. The number of ether oxygens (including phenoxy) is 2. The van der Waals surface area contributed by atoms with Gasteiger partial charge in [-0.1, -0.05) is 30.3 Å². The summed E-state index contributed by atoms with van der Waals surface area (Å²) in [5, 5.41) is 0. The third-order valence-electron chi connectivity index (χ3n) is 5.65. The number of aromatic nitrogens is 5. The van der Waals surface area contributed by atoms with Crippen LogP contribution in [0.25, 0.3) is 33.9 Å². The average molecular weight is 415 g/mol. The number of hydrogen-bond donors (Lipinski definition) is 0. The van der Waals surface area contributed by atoms with Gasteiger partial charge in [-0.05, 0) is 12.1 Å². The molecule has 0 fully saturated rings. The predicted octanol–water partition coefficient (Wildman–Crippen LogP) is 2.07. The molecule has 31 heavy (non-hydrogen) atoms. The number of aryl methyl sites for hydroxylation is 1. The molecule has 0 bridgehead atoms. The van der Waals surface area contributed by atoms with Crippen molar-refractivity contribution in [1.29, 1.82) is 0 Å². The lowest BCUT2D eigenvalue weighted by Crippen LogP contribution is -2.37. The van der Waals surface area contributed by atoms with E-state index < -0.39 is 11.2 Å². The smallest absolute Gasteiger partial charge is 0.332 e. The summed E-state index contributed by atoms with van der Waals surface area (Å²) in [6, 6.07) is 15.5. The fourth-order valence-corrected chi connectivity index (χ4v) is 4.06. The van der Waals surface area contributed by atoms with Gasteiger partial charge in [-0.25, -0.2) is 4.79 Å². The normalized spacial score (nSPS) is 12.8. The van der Waals surface area contributed by atoms with Crippen molar-refractivity contribution in [2.75, 3.05) is 6.79 Å². The van der Waals surface area contributed by atoms with Gasteiger partial charge in [0.1, 0.15) is 0 Å². The van der Waals surface area contributed by atoms with Gasteiger partial charge < -0.3 is 9.47 Å². The Morgan fingerprint density at radius 1 is 0.935 bits per heavy atom. The largest absolute Gasteiger partial charge is 0.454 e. The van der Waals surface area contributed by atoms with E-state index in [-0.39, 0.29) is 6.79 Å². The van der Waals surface area contributed by atoms with Crippen molar-refractivity contribution >= 4 is 16.9 Å². The Balaban J connectivity index is 1.76. The first kappa shape index (κ1) is 17.6. The molecule has 0 unspecified atom stereocenters. The van der Waals surface area contributed by atoms with E-state index >= 15 is 0 Å². The second-order valence-corrected chi connectivity index (χ2v) is 7.41. The molecule has 0 spiro atoms. The van der Waals surface area contributed by atoms with Crippen molar-refractivity contribution in [2.45, 2.75) is 0 Å². The van der Waals surface area contributed by atoms with Crippen molar-refractivity contribution < 1.29 is 9.47 Å². The Labute approximate surface area is 174 Å². The fraction of sp³-hybridized carbons (Fsp3) is 0.136. The number of fused-ring (bicyclic) bond motifs is 4. The Hall–Kier alpha value is -4.27. The van der Waals surface area contributed by atoms with E-state index in [1.54, 1.807) is 11.4 Å². The maximum absolute atomic E-state index is 13.0. The molecular formula is C22H17N5O4. The second-order valence-electron chi connectivity index (χ2n) is 7.41. The van der Waals surface area contributed by atoms with Crippen LogP contribution in [-0.2, 0) is 14.1 Å². The summed E-state index contributed by atoms with van der Waals surface area (Å²) >= 11 is 0. The Bertz CT molecular complexity index is 1620. The molecule has 0 aliphatic carbocycles. The molecule has 1 aliphatic rings. The lowest BCUT2D eigenvalue weighted by Gasteiger charge is -2.10. The summed E-state index contributed by atoms with van der Waals surface area (Å²) in [4.78, 5) is 30.1. The van der Waals surface area contributed by atoms with Crippen LogP contribution in [-0.4, -0.2) is 29.9 Å². The van der Waals surface area contributed by atoms with Crippen LogP contribution in [0.3, 0.4) is 0 Å². The molecule has 5 aromatic rings. The first-order valence-corrected chi connectivity index (χ1v) is 9.69. The van der Waals surface area contributed by atoms with Crippen molar-refractivity contribution in [1.82, 2.24) is 23.1 Å². The van der Waals surface area contributed by atoms with E-state index in [2.05, 4.69) is 0 Å². The Morgan fingerprint density at radius 3 is 2.52 bits per heavy atom. The molecule has 9 heteroatoms. The topological polar surface area (TPSA) is 84.7 Å². The first-order chi connectivity index (χ1) is 15.0. The zero-order valence-corrected chi connectivity index (χ0v) is 16.8. The minimum Gasteiger partial charge on any atom is -0.454 e. The van der Waals surface area contributed by atoms with Crippen LogP contribution in [0.4, 0.5) is 0 Å². The van der Waals surface area contributed by atoms with Gasteiger partial charge in [-0.3, -0.25) is 22.9 Å². The van der Waals surface area contributed by atoms with Crippen LogP contribution in [0.5, 0.6) is 11.5 Å². The van der Waals surface area contributed by atoms with Gasteiger partial charge in [-0.2, -0.15) is 4.98 Å². The zero-order valence-electron chi connectivity index (χ0n) is 16.8. The third-order valence-corrected chi connectivity index (χ3v) is 5.65. The zero-order chi connectivity index (χ0) is 21.3. The maximum Gasteiger partial charge on any atom is 0.332 e. The number of imidazole rings is 2. The van der Waals surface area contributed by atoms with Crippen molar-refractivity contribution in [3.8, 4) is 28.4 Å². The molecule has 6 rings (SSSR count). The van der Waals surface area contributed by atoms with Gasteiger partial charge in [0.15, 0.2) is 22.7 Å². The minimum absolute atomic E-state index is 0.177. The second kappa shape index (κ2) is 6.11. The average Bonchev–Trinajstić information content (AvgIpc) is 3.49. The summed E-state index contributed by atoms with van der Waals surface area (Å²) in [5.41, 5.74) is 2.47. The van der Waals surface area contributed by atoms with Crippen LogP contribution in [0.1, 0.15) is 0 Å². The molecule has 1 aliphatic heterocycles. The van der Waals surface area contributed by atoms with E-state index in [0.717, 1.165) is 21.5 Å². The van der Waals surface area contributed by atoms with E-state index in [1.165, 1.54) is 11.6 Å². The third kappa shape index (κ3) is 2.34. The molecular weight excluding hydrogens is 398 g/mol. The van der Waals surface area contributed by atoms with Crippen LogP contribution in [0, 0.1) is 0 Å². The number of nitrogens with zero attached hydrogens (tertiary/aromatic N) is 5. The van der Waals surface area contributed by atoms with Crippen molar-refractivity contribution in [3.63, 3.8) is 0 Å². The van der Waals surface area contributed by atoms with E-state index in [0.29, 0.717) is 28.4 Å². The van der Waals surface area contributed by atoms with Gasteiger partial charge in [0.05, 0.1) is 11.4 Å². The van der Waals surface area contributed by atoms with Crippen LogP contribution >= 0.6 is 0 Å². The molecule has 3 aromatic heterocycles. The highest BCUT2D eigenvalue weighted by Gasteiger charge is 2.23.